The fraction of sp³-hybridized carbons (Fsp3) is 0.250. The third kappa shape index (κ3) is 3.18. The number of nitrogens with zero attached hydrogens (tertiary/aromatic N) is 3. The molecule has 1 amide bonds. The van der Waals surface area contributed by atoms with Gasteiger partial charge in [0.05, 0.1) is 0 Å². The van der Waals surface area contributed by atoms with Gasteiger partial charge < -0.3 is 10.1 Å². The zero-order valence-corrected chi connectivity index (χ0v) is 14.8. The Balaban J connectivity index is 1.40. The van der Waals surface area contributed by atoms with Gasteiger partial charge in [-0.25, -0.2) is 9.97 Å². The molecule has 132 valence electrons. The lowest BCUT2D eigenvalue weighted by atomic mass is 10.0. The highest BCUT2D eigenvalue weighted by Crippen LogP contribution is 2.31. The molecule has 0 spiro atoms. The highest BCUT2D eigenvalue weighted by atomic mass is 16.5. The summed E-state index contributed by atoms with van der Waals surface area (Å²) < 4.78 is 7.66. The van der Waals surface area contributed by atoms with Crippen molar-refractivity contribution in [2.45, 2.75) is 32.9 Å². The number of aryl methyl sites for hydroxylation is 2. The smallest absolute Gasteiger partial charge is 0.261 e. The van der Waals surface area contributed by atoms with E-state index in [2.05, 4.69) is 28.3 Å². The molecule has 6 heteroatoms. The molecule has 0 radical (unpaired) electrons. The van der Waals surface area contributed by atoms with E-state index in [1.54, 1.807) is 18.7 Å². The Bertz CT molecular complexity index is 919. The van der Waals surface area contributed by atoms with Crippen molar-refractivity contribution in [1.29, 1.82) is 0 Å². The molecule has 1 aromatic carbocycles. The van der Waals surface area contributed by atoms with Crippen LogP contribution in [0.5, 0.6) is 5.75 Å². The summed E-state index contributed by atoms with van der Waals surface area (Å²) in [5.41, 5.74) is 4.46. The largest absolute Gasteiger partial charge is 0.480 e. The molecule has 4 rings (SSSR count). The number of imidazole rings is 1. The Morgan fingerprint density at radius 2 is 2.12 bits per heavy atom. The van der Waals surface area contributed by atoms with Crippen LogP contribution in [0.2, 0.25) is 0 Å². The normalized spacial score (nSPS) is 15.4. The van der Waals surface area contributed by atoms with Gasteiger partial charge in [0.15, 0.2) is 6.10 Å². The molecule has 1 N–H and O–H groups in total. The average molecular weight is 348 g/mol. The van der Waals surface area contributed by atoms with Gasteiger partial charge in [0.2, 0.25) is 0 Å². The van der Waals surface area contributed by atoms with Crippen LogP contribution in [0.4, 0.5) is 0 Å². The van der Waals surface area contributed by atoms with Crippen LogP contribution < -0.4 is 10.1 Å². The van der Waals surface area contributed by atoms with E-state index in [4.69, 9.17) is 4.74 Å². The number of ether oxygens (including phenoxy) is 1. The number of nitrogens with one attached hydrogen (secondary N) is 1. The molecular weight excluding hydrogens is 328 g/mol. The Morgan fingerprint density at radius 1 is 1.27 bits per heavy atom. The van der Waals surface area contributed by atoms with Crippen LogP contribution >= 0.6 is 0 Å². The summed E-state index contributed by atoms with van der Waals surface area (Å²) in [5.74, 6) is 1.49. The van der Waals surface area contributed by atoms with Crippen molar-refractivity contribution in [3.8, 4) is 11.6 Å². The molecule has 0 bridgehead atoms. The number of carbonyl (C=O) groups is 1. The molecule has 1 aliphatic rings. The number of pyridine rings is 1. The second kappa shape index (κ2) is 6.63. The minimum absolute atomic E-state index is 0.0995. The molecule has 3 heterocycles. The lowest BCUT2D eigenvalue weighted by Gasteiger charge is -2.12. The molecular formula is C20H20N4O2. The van der Waals surface area contributed by atoms with E-state index in [9.17, 15) is 4.79 Å². The van der Waals surface area contributed by atoms with Crippen molar-refractivity contribution in [2.24, 2.45) is 0 Å². The van der Waals surface area contributed by atoms with E-state index in [1.165, 1.54) is 11.1 Å². The van der Waals surface area contributed by atoms with Gasteiger partial charge in [-0.2, -0.15) is 0 Å². The first-order valence-corrected chi connectivity index (χ1v) is 8.58. The second-order valence-corrected chi connectivity index (χ2v) is 6.56. The first-order valence-electron chi connectivity index (χ1n) is 8.58. The van der Waals surface area contributed by atoms with Crippen LogP contribution in [-0.4, -0.2) is 26.5 Å². The van der Waals surface area contributed by atoms with Crippen LogP contribution in [0, 0.1) is 13.8 Å². The predicted molar refractivity (Wildman–Crippen MR) is 97.2 cm³/mol. The zero-order valence-electron chi connectivity index (χ0n) is 14.8. The fourth-order valence-electron chi connectivity index (χ4n) is 3.07. The van der Waals surface area contributed by atoms with E-state index in [0.29, 0.717) is 13.0 Å². The maximum atomic E-state index is 12.5. The predicted octanol–water partition coefficient (Wildman–Crippen LogP) is 2.50. The number of amides is 1. The monoisotopic (exact) mass is 348 g/mol. The molecule has 26 heavy (non-hydrogen) atoms. The average Bonchev–Trinajstić information content (AvgIpc) is 3.30. The number of hydrogen-bond acceptors (Lipinski definition) is 4. The number of fused-ring (bicyclic) bond motifs is 1. The topological polar surface area (TPSA) is 69.0 Å². The standard InChI is InChI=1S/C20H20N4O2/c1-13-7-16-10-18(26-17(16)8-14(13)2)20(25)23-11-15-3-4-22-19(9-15)24-6-5-21-12-24/h3-9,12,18H,10-11H2,1-2H3,(H,23,25). The van der Waals surface area contributed by atoms with Gasteiger partial charge in [0, 0.05) is 31.6 Å². The molecule has 1 atom stereocenters. The van der Waals surface area contributed by atoms with E-state index in [1.807, 2.05) is 35.9 Å². The fourth-order valence-corrected chi connectivity index (χ4v) is 3.07. The number of benzene rings is 1. The summed E-state index contributed by atoms with van der Waals surface area (Å²) in [6.45, 7) is 4.55. The maximum Gasteiger partial charge on any atom is 0.261 e. The summed E-state index contributed by atoms with van der Waals surface area (Å²) >= 11 is 0. The SMILES string of the molecule is Cc1cc2c(cc1C)OC(C(=O)NCc1ccnc(-n3ccnc3)c1)C2. The molecule has 0 saturated heterocycles. The first kappa shape index (κ1) is 16.3. The molecule has 1 aliphatic heterocycles. The maximum absolute atomic E-state index is 12.5. The van der Waals surface area contributed by atoms with Crippen molar-refractivity contribution in [3.63, 3.8) is 0 Å². The van der Waals surface area contributed by atoms with E-state index < -0.39 is 6.10 Å². The third-order valence-corrected chi connectivity index (χ3v) is 4.69. The second-order valence-electron chi connectivity index (χ2n) is 6.56. The Morgan fingerprint density at radius 3 is 2.92 bits per heavy atom. The van der Waals surface area contributed by atoms with Crippen molar-refractivity contribution < 1.29 is 9.53 Å². The summed E-state index contributed by atoms with van der Waals surface area (Å²) in [6.07, 6.45) is 7.09. The molecule has 6 nitrogen and oxygen atoms in total. The molecule has 0 aliphatic carbocycles. The van der Waals surface area contributed by atoms with Crippen LogP contribution in [-0.2, 0) is 17.8 Å². The number of hydrogen-bond donors (Lipinski definition) is 1. The van der Waals surface area contributed by atoms with Gasteiger partial charge in [-0.05, 0) is 54.3 Å². The molecule has 2 aromatic heterocycles. The molecule has 3 aromatic rings. The minimum atomic E-state index is -0.471. The lowest BCUT2D eigenvalue weighted by Crippen LogP contribution is -2.37. The number of carbonyl (C=O) groups excluding carboxylic acids is 1. The first-order chi connectivity index (χ1) is 12.6. The van der Waals surface area contributed by atoms with Gasteiger partial charge in [-0.15, -0.1) is 0 Å². The molecule has 1 unspecified atom stereocenters. The number of aromatic nitrogens is 3. The quantitative estimate of drug-likeness (QED) is 0.786. The van der Waals surface area contributed by atoms with Crippen LogP contribution in [0.3, 0.4) is 0 Å². The van der Waals surface area contributed by atoms with E-state index in [0.717, 1.165) is 22.7 Å². The van der Waals surface area contributed by atoms with Gasteiger partial charge >= 0.3 is 0 Å². The van der Waals surface area contributed by atoms with Gasteiger partial charge in [0.1, 0.15) is 17.9 Å². The van der Waals surface area contributed by atoms with E-state index in [-0.39, 0.29) is 5.91 Å². The van der Waals surface area contributed by atoms with Crippen LogP contribution in [0.25, 0.3) is 5.82 Å². The highest BCUT2D eigenvalue weighted by molar-refractivity contribution is 5.82. The minimum Gasteiger partial charge on any atom is -0.480 e. The van der Waals surface area contributed by atoms with Crippen molar-refractivity contribution in [1.82, 2.24) is 19.9 Å². The van der Waals surface area contributed by atoms with E-state index >= 15 is 0 Å². The Labute approximate surface area is 151 Å². The van der Waals surface area contributed by atoms with Crippen molar-refractivity contribution in [3.05, 3.63) is 71.4 Å². The van der Waals surface area contributed by atoms with Crippen LogP contribution in [0.15, 0.2) is 49.2 Å². The summed E-state index contributed by atoms with van der Waals surface area (Å²) in [5, 5.41) is 2.96. The summed E-state index contributed by atoms with van der Waals surface area (Å²) in [4.78, 5) is 20.8. The molecule has 0 fully saturated rings. The van der Waals surface area contributed by atoms with Gasteiger partial charge in [-0.3, -0.25) is 9.36 Å². The van der Waals surface area contributed by atoms with Crippen LogP contribution in [0.1, 0.15) is 22.3 Å². The summed E-state index contributed by atoms with van der Waals surface area (Å²) in [6, 6.07) is 7.94. The Kier molecular flexibility index (Phi) is 4.16. The Hall–Kier alpha value is -3.15. The third-order valence-electron chi connectivity index (χ3n) is 4.69. The molecule has 0 saturated carbocycles. The zero-order chi connectivity index (χ0) is 18.1. The van der Waals surface area contributed by atoms with Gasteiger partial charge in [0.25, 0.3) is 5.91 Å². The van der Waals surface area contributed by atoms with Crippen molar-refractivity contribution >= 4 is 5.91 Å². The highest BCUT2D eigenvalue weighted by Gasteiger charge is 2.29. The summed E-state index contributed by atoms with van der Waals surface area (Å²) in [7, 11) is 0. The van der Waals surface area contributed by atoms with Crippen molar-refractivity contribution in [2.75, 3.05) is 0 Å². The number of rotatable bonds is 4. The lowest BCUT2D eigenvalue weighted by molar-refractivity contribution is -0.127. The van der Waals surface area contributed by atoms with Gasteiger partial charge in [-0.1, -0.05) is 6.07 Å².